The van der Waals surface area contributed by atoms with Crippen LogP contribution < -0.4 is 0 Å². The molecule has 3 aliphatic heterocycles. The van der Waals surface area contributed by atoms with Gasteiger partial charge in [-0.1, -0.05) is 58.9 Å². The second-order valence-electron chi connectivity index (χ2n) is 20.7. The van der Waals surface area contributed by atoms with Gasteiger partial charge in [-0.3, -0.25) is 19.2 Å². The molecule has 69 heavy (non-hydrogen) atoms. The Morgan fingerprint density at radius 2 is 1.65 bits per heavy atom. The Morgan fingerprint density at radius 3 is 2.33 bits per heavy atom. The number of aliphatic hydroxyl groups is 2. The number of hydrogen-bond donors (Lipinski definition) is 2. The molecular formula is C52H81N5O12. The lowest BCUT2D eigenvalue weighted by molar-refractivity contribution is -0.265. The second-order valence-corrected chi connectivity index (χ2v) is 20.7. The molecule has 1 aliphatic carbocycles. The molecule has 17 heteroatoms. The first-order valence-corrected chi connectivity index (χ1v) is 25.4. The lowest BCUT2D eigenvalue weighted by Gasteiger charge is -2.42. The molecule has 0 aromatic carbocycles. The highest BCUT2D eigenvalue weighted by Crippen LogP contribution is 2.39. The Labute approximate surface area is 409 Å². The summed E-state index contributed by atoms with van der Waals surface area (Å²) in [5, 5.41) is 35.7. The molecule has 4 heterocycles. The molecule has 1 aromatic heterocycles. The summed E-state index contributed by atoms with van der Waals surface area (Å²) in [6.07, 6.45) is 11.9. The Kier molecular flexibility index (Phi) is 21.0. The molecule has 3 fully saturated rings. The summed E-state index contributed by atoms with van der Waals surface area (Å²) in [6, 6.07) is -1.24. The third-order valence-electron chi connectivity index (χ3n) is 15.5. The Hall–Kier alpha value is -4.00. The number of piperidine rings is 1. The van der Waals surface area contributed by atoms with E-state index in [4.69, 9.17) is 23.7 Å². The summed E-state index contributed by atoms with van der Waals surface area (Å²) < 4.78 is 29.9. The summed E-state index contributed by atoms with van der Waals surface area (Å²) in [5.74, 6) is -7.61. The number of methoxy groups -OCH3 is 3. The van der Waals surface area contributed by atoms with Gasteiger partial charge >= 0.3 is 5.97 Å². The first-order chi connectivity index (χ1) is 32.8. The van der Waals surface area contributed by atoms with E-state index >= 15 is 0 Å². The third-order valence-corrected chi connectivity index (χ3v) is 15.5. The molecule has 1 saturated carbocycles. The van der Waals surface area contributed by atoms with Crippen LogP contribution in [0.15, 0.2) is 41.8 Å². The molecule has 1 amide bonds. The van der Waals surface area contributed by atoms with Crippen LogP contribution in [-0.4, -0.2) is 141 Å². The predicted octanol–water partition coefficient (Wildman–Crippen LogP) is 6.27. The standard InChI is InChI=1S/C52H81N5O12/c1-31-16-12-11-13-17-32(2)43(65-8)28-39-21-19-37(7)52(64,69-39)49(61)50(62)56-23-15-14-18-41(56)51(63)68-44(34(4)26-38-20-22-40(45(27-38)66-9)57-54-30-53-55-57)29-42(58)33(3)25-36(6)47(60)48(67-10)46(59)35(5)24-31/h11,13,17,25,30-31,33-35,37-41,43-45,47-48,60,64H,12,14-16,18-24,26-29H2,1-10H3/b13-11?,32-17?,36-25+/t31-,33-,34-,35+,37-,38?,39+,40+,41+,43+,44+,45-,47-,48+,52?/m1/s1. The van der Waals surface area contributed by atoms with E-state index in [1.165, 1.54) is 18.3 Å². The van der Waals surface area contributed by atoms with Gasteiger partial charge < -0.3 is 38.8 Å². The fourth-order valence-corrected chi connectivity index (χ4v) is 11.0. The van der Waals surface area contributed by atoms with Crippen LogP contribution in [0.1, 0.15) is 144 Å². The van der Waals surface area contributed by atoms with Gasteiger partial charge in [0.2, 0.25) is 5.79 Å². The average Bonchev–Trinajstić information content (AvgIpc) is 3.88. The van der Waals surface area contributed by atoms with Gasteiger partial charge in [-0.05, 0) is 125 Å². The lowest BCUT2D eigenvalue weighted by Crippen LogP contribution is -2.61. The van der Waals surface area contributed by atoms with Crippen molar-refractivity contribution in [3.8, 4) is 0 Å². The first-order valence-electron chi connectivity index (χ1n) is 25.4. The number of amides is 1. The van der Waals surface area contributed by atoms with Gasteiger partial charge in [-0.25, -0.2) is 4.79 Å². The maximum atomic E-state index is 14.5. The topological polar surface area (TPSA) is 219 Å². The molecular weight excluding hydrogens is 887 g/mol. The quantitative estimate of drug-likeness (QED) is 0.175. The monoisotopic (exact) mass is 968 g/mol. The number of cyclic esters (lactones) is 1. The van der Waals surface area contributed by atoms with Crippen LogP contribution in [0.2, 0.25) is 0 Å². The van der Waals surface area contributed by atoms with Crippen molar-refractivity contribution in [2.24, 2.45) is 35.5 Å². The van der Waals surface area contributed by atoms with Crippen molar-refractivity contribution in [1.82, 2.24) is 25.1 Å². The minimum atomic E-state index is -2.42. The van der Waals surface area contributed by atoms with Gasteiger partial charge in [0.05, 0.1) is 24.4 Å². The summed E-state index contributed by atoms with van der Waals surface area (Å²) in [5.41, 5.74) is 1.32. The number of allylic oxidation sites excluding steroid dienone is 4. The van der Waals surface area contributed by atoms with Gasteiger partial charge in [0.15, 0.2) is 12.1 Å². The average molecular weight is 968 g/mol. The maximum Gasteiger partial charge on any atom is 0.329 e. The minimum absolute atomic E-state index is 0.0923. The van der Waals surface area contributed by atoms with E-state index in [9.17, 15) is 34.2 Å². The van der Waals surface area contributed by atoms with Gasteiger partial charge in [-0.2, -0.15) is 4.80 Å². The van der Waals surface area contributed by atoms with Crippen molar-refractivity contribution >= 4 is 29.2 Å². The molecule has 5 rings (SSSR count). The van der Waals surface area contributed by atoms with Crippen molar-refractivity contribution in [3.63, 3.8) is 0 Å². The number of carbonyl (C=O) groups excluding carboxylic acids is 5. The summed E-state index contributed by atoms with van der Waals surface area (Å²) in [4.78, 5) is 73.9. The van der Waals surface area contributed by atoms with Crippen molar-refractivity contribution in [2.45, 2.75) is 193 Å². The molecule has 2 N–H and O–H groups in total. The Balaban J connectivity index is 1.45. The number of hydrogen-bond acceptors (Lipinski definition) is 15. The molecule has 2 saturated heterocycles. The van der Waals surface area contributed by atoms with Gasteiger partial charge in [0, 0.05) is 58.5 Å². The van der Waals surface area contributed by atoms with Crippen molar-refractivity contribution < 1.29 is 57.9 Å². The van der Waals surface area contributed by atoms with E-state index < -0.39 is 77.8 Å². The molecule has 0 radical (unpaired) electrons. The zero-order valence-electron chi connectivity index (χ0n) is 42.8. The molecule has 15 atom stereocenters. The molecule has 386 valence electrons. The molecule has 2 unspecified atom stereocenters. The number of fused-ring (bicyclic) bond motifs is 3. The smallest absolute Gasteiger partial charge is 0.329 e. The SMILES string of the molecule is CO[C@H]1C[C@@H]2CC[C@@H](C)C(O)(O2)C(=O)C(=O)N2CCCC[C@H]2C(=O)O[C@H]([C@H](C)CC2CC[C@H](n3ncnn3)[C@H](OC)C2)CC(=O)[C@H](C)/C=C(\C)[C@@H](O)[C@@H](OC)C(=O)[C@@H](C)C[C@H](C)CCC=CC=C1C. The third kappa shape index (κ3) is 14.3. The fourth-order valence-electron chi connectivity index (χ4n) is 11.0. The van der Waals surface area contributed by atoms with Crippen LogP contribution in [0.5, 0.6) is 0 Å². The molecule has 0 spiro atoms. The highest BCUT2D eigenvalue weighted by molar-refractivity contribution is 6.39. The van der Waals surface area contributed by atoms with Crippen molar-refractivity contribution in [1.29, 1.82) is 0 Å². The molecule has 1 aromatic rings. The number of tetrazole rings is 1. The highest BCUT2D eigenvalue weighted by Gasteiger charge is 2.53. The van der Waals surface area contributed by atoms with E-state index in [2.05, 4.69) is 28.4 Å². The van der Waals surface area contributed by atoms with Crippen LogP contribution in [0.25, 0.3) is 0 Å². The summed E-state index contributed by atoms with van der Waals surface area (Å²) in [7, 11) is 4.64. The summed E-state index contributed by atoms with van der Waals surface area (Å²) in [6.45, 7) is 13.0. The number of aromatic nitrogens is 4. The zero-order valence-corrected chi connectivity index (χ0v) is 42.8. The van der Waals surface area contributed by atoms with E-state index in [1.807, 2.05) is 32.9 Å². The largest absolute Gasteiger partial charge is 0.460 e. The number of Topliss-reactive ketones (excluding diaryl/α,β-unsaturated/α-hetero) is 3. The minimum Gasteiger partial charge on any atom is -0.460 e. The molecule has 2 bridgehead atoms. The maximum absolute atomic E-state index is 14.5. The molecule has 4 aliphatic rings. The highest BCUT2D eigenvalue weighted by atomic mass is 16.6. The van der Waals surface area contributed by atoms with Crippen molar-refractivity contribution in [3.05, 3.63) is 41.8 Å². The number of ketones is 3. The number of esters is 1. The first kappa shape index (κ1) is 55.9. The number of nitrogens with zero attached hydrogens (tertiary/aromatic N) is 5. The number of rotatable bonds is 7. The summed E-state index contributed by atoms with van der Waals surface area (Å²) >= 11 is 0. The van der Waals surface area contributed by atoms with Gasteiger partial charge in [0.25, 0.3) is 11.7 Å². The molecule has 17 nitrogen and oxygen atoms in total. The van der Waals surface area contributed by atoms with E-state index in [0.29, 0.717) is 56.9 Å². The van der Waals surface area contributed by atoms with Crippen LogP contribution in [0, 0.1) is 35.5 Å². The normalized spacial score (nSPS) is 37.3. The van der Waals surface area contributed by atoms with Gasteiger partial charge in [-0.15, -0.1) is 10.2 Å². The Morgan fingerprint density at radius 1 is 0.899 bits per heavy atom. The van der Waals surface area contributed by atoms with Crippen molar-refractivity contribution in [2.75, 3.05) is 27.9 Å². The van der Waals surface area contributed by atoms with Crippen LogP contribution in [0.3, 0.4) is 0 Å². The van der Waals surface area contributed by atoms with E-state index in [0.717, 1.165) is 31.3 Å². The van der Waals surface area contributed by atoms with Gasteiger partial charge in [0.1, 0.15) is 30.1 Å². The van der Waals surface area contributed by atoms with E-state index in [-0.39, 0.29) is 60.9 Å². The lowest BCUT2D eigenvalue weighted by atomic mass is 9.77. The van der Waals surface area contributed by atoms with Crippen LogP contribution >= 0.6 is 0 Å². The fraction of sp³-hybridized carbons (Fsp3) is 0.769. The predicted molar refractivity (Wildman–Crippen MR) is 256 cm³/mol. The number of ether oxygens (including phenoxy) is 5. The van der Waals surface area contributed by atoms with E-state index in [1.54, 1.807) is 45.9 Å². The zero-order chi connectivity index (χ0) is 50.6. The Bertz CT molecular complexity index is 1970. The van der Waals surface area contributed by atoms with Crippen LogP contribution in [-0.2, 0) is 47.7 Å². The second kappa shape index (κ2) is 25.9. The van der Waals surface area contributed by atoms with Crippen LogP contribution in [0.4, 0.5) is 0 Å². The number of carbonyl (C=O) groups is 5. The number of aliphatic hydroxyl groups excluding tert-OH is 1.